The molecule has 0 bridgehead atoms. The Labute approximate surface area is 185 Å². The molecule has 0 spiro atoms. The van der Waals surface area contributed by atoms with Gasteiger partial charge >= 0.3 is 0 Å². The number of aromatic nitrogens is 2. The molecule has 1 saturated heterocycles. The molecule has 1 amide bonds. The number of ether oxygens (including phenoxy) is 1. The number of nitrogens with zero attached hydrogens (tertiary/aromatic N) is 4. The van der Waals surface area contributed by atoms with Gasteiger partial charge in [0.25, 0.3) is 5.56 Å². The number of benzene rings is 2. The smallest absolute Gasteiger partial charge is 0.267 e. The molecule has 0 saturated carbocycles. The first-order valence-corrected chi connectivity index (χ1v) is 10.4. The van der Waals surface area contributed by atoms with E-state index in [9.17, 15) is 9.59 Å². The average Bonchev–Trinajstić information content (AvgIpc) is 2.81. The van der Waals surface area contributed by atoms with Crippen LogP contribution in [0.25, 0.3) is 11.3 Å². The Kier molecular flexibility index (Phi) is 6.23. The summed E-state index contributed by atoms with van der Waals surface area (Å²) in [6.07, 6.45) is 0. The fourth-order valence-corrected chi connectivity index (χ4v) is 3.72. The predicted octanol–water partition coefficient (Wildman–Crippen LogP) is 2.92. The predicted molar refractivity (Wildman–Crippen MR) is 121 cm³/mol. The minimum atomic E-state index is -0.306. The van der Waals surface area contributed by atoms with Gasteiger partial charge in [-0.25, -0.2) is 4.68 Å². The molecule has 0 N–H and O–H groups in total. The molecule has 8 heteroatoms. The van der Waals surface area contributed by atoms with Gasteiger partial charge in [0.15, 0.2) is 0 Å². The molecule has 0 aliphatic carbocycles. The quantitative estimate of drug-likeness (QED) is 0.612. The number of halogens is 1. The lowest BCUT2D eigenvalue weighted by Crippen LogP contribution is -2.50. The minimum Gasteiger partial charge on any atom is -0.497 e. The summed E-state index contributed by atoms with van der Waals surface area (Å²) >= 11 is 5.96. The summed E-state index contributed by atoms with van der Waals surface area (Å²) in [6.45, 7) is 2.54. The van der Waals surface area contributed by atoms with Crippen molar-refractivity contribution in [2.75, 3.05) is 38.2 Å². The van der Waals surface area contributed by atoms with E-state index < -0.39 is 0 Å². The van der Waals surface area contributed by atoms with E-state index in [2.05, 4.69) is 10.00 Å². The van der Waals surface area contributed by atoms with Crippen LogP contribution in [0.4, 0.5) is 5.69 Å². The van der Waals surface area contributed by atoms with E-state index in [1.807, 2.05) is 48.5 Å². The first-order valence-electron chi connectivity index (χ1n) is 10.0. The van der Waals surface area contributed by atoms with Gasteiger partial charge in [0.05, 0.1) is 12.8 Å². The monoisotopic (exact) mass is 438 g/mol. The van der Waals surface area contributed by atoms with E-state index in [1.165, 1.54) is 10.7 Å². The zero-order chi connectivity index (χ0) is 21.8. The maximum absolute atomic E-state index is 12.8. The first kappa shape index (κ1) is 20.9. The van der Waals surface area contributed by atoms with Crippen molar-refractivity contribution in [2.24, 2.45) is 0 Å². The SMILES string of the molecule is COc1cccc(-c2ccc(=O)n(CC(=O)N3CCN(c4ccc(Cl)cc4)CC3)n2)c1. The highest BCUT2D eigenvalue weighted by atomic mass is 35.5. The van der Waals surface area contributed by atoms with Crippen molar-refractivity contribution in [1.82, 2.24) is 14.7 Å². The summed E-state index contributed by atoms with van der Waals surface area (Å²) in [5.41, 5.74) is 2.20. The fraction of sp³-hybridized carbons (Fsp3) is 0.261. The molecular formula is C23H23ClN4O3. The lowest BCUT2D eigenvalue weighted by Gasteiger charge is -2.36. The minimum absolute atomic E-state index is 0.0857. The van der Waals surface area contributed by atoms with Crippen LogP contribution < -0.4 is 15.2 Å². The number of carbonyl (C=O) groups excluding carboxylic acids is 1. The molecule has 1 fully saturated rings. The number of carbonyl (C=O) groups is 1. The van der Waals surface area contributed by atoms with Crippen molar-refractivity contribution in [3.8, 4) is 17.0 Å². The lowest BCUT2D eigenvalue weighted by molar-refractivity contribution is -0.132. The highest BCUT2D eigenvalue weighted by Crippen LogP contribution is 2.21. The van der Waals surface area contributed by atoms with Crippen molar-refractivity contribution in [2.45, 2.75) is 6.54 Å². The van der Waals surface area contributed by atoms with Crippen molar-refractivity contribution < 1.29 is 9.53 Å². The van der Waals surface area contributed by atoms with Crippen molar-refractivity contribution >= 4 is 23.2 Å². The largest absolute Gasteiger partial charge is 0.497 e. The molecule has 0 atom stereocenters. The van der Waals surface area contributed by atoms with E-state index in [-0.39, 0.29) is 18.0 Å². The van der Waals surface area contributed by atoms with E-state index in [1.54, 1.807) is 18.1 Å². The summed E-state index contributed by atoms with van der Waals surface area (Å²) < 4.78 is 6.48. The Morgan fingerprint density at radius 2 is 1.77 bits per heavy atom. The van der Waals surface area contributed by atoms with Crippen LogP contribution in [-0.2, 0) is 11.3 Å². The van der Waals surface area contributed by atoms with Gasteiger partial charge in [0.2, 0.25) is 5.91 Å². The molecule has 2 aromatic carbocycles. The van der Waals surface area contributed by atoms with Crippen LogP contribution >= 0.6 is 11.6 Å². The van der Waals surface area contributed by atoms with Crippen molar-refractivity contribution in [3.05, 3.63) is 76.0 Å². The molecule has 0 unspecified atom stereocenters. The normalized spacial score (nSPS) is 13.9. The standard InChI is InChI=1S/C23H23ClN4O3/c1-31-20-4-2-3-17(15-20)21-9-10-22(29)28(25-21)16-23(30)27-13-11-26(12-14-27)19-7-5-18(24)6-8-19/h2-10,15H,11-14,16H2,1H3. The molecular weight excluding hydrogens is 416 g/mol. The van der Waals surface area contributed by atoms with Crippen LogP contribution in [-0.4, -0.2) is 53.9 Å². The molecule has 0 radical (unpaired) electrons. The third-order valence-corrected chi connectivity index (χ3v) is 5.59. The van der Waals surface area contributed by atoms with E-state index in [0.29, 0.717) is 29.6 Å². The van der Waals surface area contributed by atoms with Crippen LogP contribution in [0.3, 0.4) is 0 Å². The van der Waals surface area contributed by atoms with Crippen LogP contribution in [0.5, 0.6) is 5.75 Å². The average molecular weight is 439 g/mol. The number of methoxy groups -OCH3 is 1. The Hall–Kier alpha value is -3.32. The molecule has 160 valence electrons. The number of hydrogen-bond donors (Lipinski definition) is 0. The Morgan fingerprint density at radius 3 is 2.48 bits per heavy atom. The maximum Gasteiger partial charge on any atom is 0.267 e. The lowest BCUT2D eigenvalue weighted by atomic mass is 10.1. The summed E-state index contributed by atoms with van der Waals surface area (Å²) in [6, 6.07) is 18.2. The Morgan fingerprint density at radius 1 is 1.03 bits per heavy atom. The van der Waals surface area contributed by atoms with Gasteiger partial charge < -0.3 is 14.5 Å². The molecule has 3 aromatic rings. The maximum atomic E-state index is 12.8. The van der Waals surface area contributed by atoms with Gasteiger partial charge in [0.1, 0.15) is 12.3 Å². The third-order valence-electron chi connectivity index (χ3n) is 5.34. The number of anilines is 1. The number of hydrogen-bond acceptors (Lipinski definition) is 5. The number of amides is 1. The van der Waals surface area contributed by atoms with E-state index in [0.717, 1.165) is 24.3 Å². The van der Waals surface area contributed by atoms with E-state index in [4.69, 9.17) is 16.3 Å². The zero-order valence-electron chi connectivity index (χ0n) is 17.2. The van der Waals surface area contributed by atoms with Gasteiger partial charge in [-0.15, -0.1) is 0 Å². The van der Waals surface area contributed by atoms with Crippen LogP contribution in [0, 0.1) is 0 Å². The Bertz CT molecular complexity index is 1120. The molecule has 7 nitrogen and oxygen atoms in total. The van der Waals surface area contributed by atoms with Gasteiger partial charge in [-0.05, 0) is 42.5 Å². The van der Waals surface area contributed by atoms with Gasteiger partial charge in [0, 0.05) is 48.5 Å². The van der Waals surface area contributed by atoms with Gasteiger partial charge in [-0.3, -0.25) is 9.59 Å². The zero-order valence-corrected chi connectivity index (χ0v) is 18.0. The van der Waals surface area contributed by atoms with Crippen LogP contribution in [0.2, 0.25) is 5.02 Å². The molecule has 1 aliphatic rings. The third kappa shape index (κ3) is 4.88. The summed E-state index contributed by atoms with van der Waals surface area (Å²) in [5, 5.41) is 5.10. The molecule has 1 aromatic heterocycles. The highest BCUT2D eigenvalue weighted by Gasteiger charge is 2.22. The van der Waals surface area contributed by atoms with Crippen molar-refractivity contribution in [1.29, 1.82) is 0 Å². The van der Waals surface area contributed by atoms with E-state index >= 15 is 0 Å². The summed E-state index contributed by atoms with van der Waals surface area (Å²) in [5.74, 6) is 0.583. The number of rotatable bonds is 5. The van der Waals surface area contributed by atoms with Gasteiger partial charge in [-0.1, -0.05) is 23.7 Å². The Balaban J connectivity index is 1.43. The molecule has 1 aliphatic heterocycles. The summed E-state index contributed by atoms with van der Waals surface area (Å²) in [7, 11) is 1.60. The van der Waals surface area contributed by atoms with Crippen LogP contribution in [0.1, 0.15) is 0 Å². The van der Waals surface area contributed by atoms with Gasteiger partial charge in [-0.2, -0.15) is 5.10 Å². The topological polar surface area (TPSA) is 67.7 Å². The molecule has 31 heavy (non-hydrogen) atoms. The second-order valence-electron chi connectivity index (χ2n) is 7.29. The first-order chi connectivity index (χ1) is 15.0. The summed E-state index contributed by atoms with van der Waals surface area (Å²) in [4.78, 5) is 29.1. The van der Waals surface area contributed by atoms with Crippen LogP contribution in [0.15, 0.2) is 65.5 Å². The van der Waals surface area contributed by atoms with Crippen molar-refractivity contribution in [3.63, 3.8) is 0 Å². The highest BCUT2D eigenvalue weighted by molar-refractivity contribution is 6.30. The second-order valence-corrected chi connectivity index (χ2v) is 7.73. The molecule has 2 heterocycles. The molecule has 4 rings (SSSR count). The number of piperazine rings is 1. The fourth-order valence-electron chi connectivity index (χ4n) is 3.59. The second kappa shape index (κ2) is 9.22.